The maximum absolute atomic E-state index is 12.9. The van der Waals surface area contributed by atoms with Crippen molar-refractivity contribution in [3.8, 4) is 11.5 Å². The third-order valence-electron chi connectivity index (χ3n) is 4.03. The topological polar surface area (TPSA) is 64.6 Å². The molecule has 2 aromatic carbocycles. The lowest BCUT2D eigenvalue weighted by Gasteiger charge is -2.15. The average molecular weight is 457 g/mol. The fourth-order valence-corrected chi connectivity index (χ4v) is 3.63. The molecule has 30 heavy (non-hydrogen) atoms. The van der Waals surface area contributed by atoms with Crippen molar-refractivity contribution in [3.63, 3.8) is 0 Å². The molecule has 2 aromatic rings. The van der Waals surface area contributed by atoms with E-state index in [-0.39, 0.29) is 31.2 Å². The van der Waals surface area contributed by atoms with E-state index >= 15 is 0 Å². The summed E-state index contributed by atoms with van der Waals surface area (Å²) in [4.78, 5) is -1.13. The van der Waals surface area contributed by atoms with Crippen molar-refractivity contribution >= 4 is 10.0 Å². The Morgan fingerprint density at radius 1 is 0.833 bits per heavy atom. The number of halogens is 6. The van der Waals surface area contributed by atoms with Gasteiger partial charge in [-0.3, -0.25) is 0 Å². The average Bonchev–Trinajstić information content (AvgIpc) is 2.66. The molecule has 0 aliphatic carbocycles. The van der Waals surface area contributed by atoms with Crippen LogP contribution in [-0.4, -0.2) is 29.2 Å². The monoisotopic (exact) mass is 457 g/mol. The van der Waals surface area contributed by atoms with Crippen molar-refractivity contribution in [2.75, 3.05) is 20.8 Å². The maximum atomic E-state index is 12.9. The van der Waals surface area contributed by atoms with Crippen molar-refractivity contribution in [3.05, 3.63) is 53.1 Å². The van der Waals surface area contributed by atoms with E-state index in [1.54, 1.807) is 18.2 Å². The molecule has 0 radical (unpaired) electrons. The molecule has 0 bridgehead atoms. The van der Waals surface area contributed by atoms with Crippen LogP contribution in [0.25, 0.3) is 0 Å². The summed E-state index contributed by atoms with van der Waals surface area (Å²) >= 11 is 0. The van der Waals surface area contributed by atoms with E-state index < -0.39 is 38.4 Å². The minimum absolute atomic E-state index is 0.102. The summed E-state index contributed by atoms with van der Waals surface area (Å²) < 4.78 is 114. The molecule has 0 heterocycles. The number of alkyl halides is 6. The van der Waals surface area contributed by atoms with Crippen LogP contribution in [0.5, 0.6) is 11.5 Å². The molecular weight excluding hydrogens is 440 g/mol. The molecule has 0 aliphatic rings. The lowest BCUT2D eigenvalue weighted by Crippen LogP contribution is -2.27. The Bertz CT molecular complexity index is 970. The van der Waals surface area contributed by atoms with Gasteiger partial charge < -0.3 is 9.47 Å². The first-order valence-electron chi connectivity index (χ1n) is 8.28. The molecule has 0 aliphatic heterocycles. The van der Waals surface area contributed by atoms with E-state index in [1.807, 2.05) is 4.72 Å². The van der Waals surface area contributed by atoms with Crippen LogP contribution in [0.3, 0.4) is 0 Å². The molecule has 0 amide bonds. The van der Waals surface area contributed by atoms with E-state index in [2.05, 4.69) is 0 Å². The van der Waals surface area contributed by atoms with Crippen LogP contribution in [-0.2, 0) is 28.8 Å². The molecule has 166 valence electrons. The van der Waals surface area contributed by atoms with Crippen molar-refractivity contribution in [1.29, 1.82) is 0 Å². The van der Waals surface area contributed by atoms with Gasteiger partial charge in [0.25, 0.3) is 0 Å². The van der Waals surface area contributed by atoms with E-state index in [0.29, 0.717) is 17.1 Å². The maximum Gasteiger partial charge on any atom is 0.416 e. The number of hydrogen-bond acceptors (Lipinski definition) is 4. The van der Waals surface area contributed by atoms with E-state index in [9.17, 15) is 34.8 Å². The van der Waals surface area contributed by atoms with Crippen LogP contribution in [0.15, 0.2) is 41.3 Å². The van der Waals surface area contributed by atoms with Gasteiger partial charge in [0, 0.05) is 6.54 Å². The molecule has 0 fully saturated rings. The predicted octanol–water partition coefficient (Wildman–Crippen LogP) is 4.26. The molecule has 0 atom stereocenters. The van der Waals surface area contributed by atoms with Crippen molar-refractivity contribution in [2.24, 2.45) is 0 Å². The largest absolute Gasteiger partial charge is 0.493 e. The zero-order chi connectivity index (χ0) is 22.7. The van der Waals surface area contributed by atoms with Crippen molar-refractivity contribution in [2.45, 2.75) is 23.7 Å². The van der Waals surface area contributed by atoms with Gasteiger partial charge in [-0.25, -0.2) is 13.1 Å². The van der Waals surface area contributed by atoms with Crippen LogP contribution in [0, 0.1) is 0 Å². The standard InChI is InChI=1S/C18H17F6NO4S/c1-28-15-4-3-11(7-16(15)29-2)5-6-25-30(26,27)14-9-12(17(19,20)21)8-13(10-14)18(22,23)24/h3-4,7-10,25H,5-6H2,1-2H3. The summed E-state index contributed by atoms with van der Waals surface area (Å²) in [6, 6.07) is 4.94. The van der Waals surface area contributed by atoms with Gasteiger partial charge >= 0.3 is 12.4 Å². The Labute approximate surface area is 168 Å². The van der Waals surface area contributed by atoms with Crippen molar-refractivity contribution in [1.82, 2.24) is 4.72 Å². The Balaban J connectivity index is 2.25. The number of ether oxygens (including phenoxy) is 2. The zero-order valence-electron chi connectivity index (χ0n) is 15.7. The first-order chi connectivity index (χ1) is 13.8. The Kier molecular flexibility index (Phi) is 6.92. The van der Waals surface area contributed by atoms with Crippen LogP contribution in [0.2, 0.25) is 0 Å². The summed E-state index contributed by atoms with van der Waals surface area (Å²) in [6.07, 6.45) is -10.2. The molecule has 0 spiro atoms. The molecule has 0 saturated heterocycles. The number of rotatable bonds is 7. The first kappa shape index (κ1) is 23.8. The minimum Gasteiger partial charge on any atom is -0.493 e. The highest BCUT2D eigenvalue weighted by Gasteiger charge is 2.38. The van der Waals surface area contributed by atoms with Gasteiger partial charge in [-0.05, 0) is 42.3 Å². The molecule has 12 heteroatoms. The van der Waals surface area contributed by atoms with Gasteiger partial charge in [0.05, 0.1) is 30.2 Å². The molecule has 5 nitrogen and oxygen atoms in total. The van der Waals surface area contributed by atoms with Gasteiger partial charge in [-0.15, -0.1) is 0 Å². The summed E-state index contributed by atoms with van der Waals surface area (Å²) in [5, 5.41) is 0. The Morgan fingerprint density at radius 3 is 1.83 bits per heavy atom. The van der Waals surface area contributed by atoms with E-state index in [4.69, 9.17) is 9.47 Å². The van der Waals surface area contributed by atoms with Gasteiger partial charge in [-0.1, -0.05) is 6.07 Å². The van der Waals surface area contributed by atoms with Crippen LogP contribution >= 0.6 is 0 Å². The van der Waals surface area contributed by atoms with Crippen molar-refractivity contribution < 1.29 is 44.2 Å². The predicted molar refractivity (Wildman–Crippen MR) is 94.9 cm³/mol. The third-order valence-corrected chi connectivity index (χ3v) is 5.47. The lowest BCUT2D eigenvalue weighted by atomic mass is 10.1. The number of nitrogens with one attached hydrogen (secondary N) is 1. The second-order valence-electron chi connectivity index (χ2n) is 6.08. The second kappa shape index (κ2) is 8.72. The normalized spacial score (nSPS) is 12.7. The zero-order valence-corrected chi connectivity index (χ0v) is 16.5. The van der Waals surface area contributed by atoms with Crippen LogP contribution in [0.1, 0.15) is 16.7 Å². The SMILES string of the molecule is COc1ccc(CCNS(=O)(=O)c2cc(C(F)(F)F)cc(C(F)(F)F)c2)cc1OC. The number of hydrogen-bond donors (Lipinski definition) is 1. The minimum atomic E-state index is -5.15. The summed E-state index contributed by atoms with van der Waals surface area (Å²) in [5.41, 5.74) is -2.81. The van der Waals surface area contributed by atoms with Gasteiger partial charge in [0.15, 0.2) is 11.5 Å². The highest BCUT2D eigenvalue weighted by molar-refractivity contribution is 7.89. The quantitative estimate of drug-likeness (QED) is 0.631. The molecule has 2 rings (SSSR count). The van der Waals surface area contributed by atoms with Gasteiger partial charge in [0.1, 0.15) is 0 Å². The molecule has 1 N–H and O–H groups in total. The van der Waals surface area contributed by atoms with Gasteiger partial charge in [0.2, 0.25) is 10.0 Å². The Hall–Kier alpha value is -2.47. The second-order valence-corrected chi connectivity index (χ2v) is 7.85. The highest BCUT2D eigenvalue weighted by atomic mass is 32.2. The fourth-order valence-electron chi connectivity index (χ4n) is 2.53. The summed E-state index contributed by atoms with van der Waals surface area (Å²) in [7, 11) is -1.80. The first-order valence-corrected chi connectivity index (χ1v) is 9.76. The molecule has 0 unspecified atom stereocenters. The van der Waals surface area contributed by atoms with Crippen LogP contribution < -0.4 is 14.2 Å². The molecular formula is C18H17F6NO4S. The molecule has 0 aromatic heterocycles. The Morgan fingerprint density at radius 2 is 1.37 bits per heavy atom. The van der Waals surface area contributed by atoms with E-state index in [1.165, 1.54) is 14.2 Å². The number of methoxy groups -OCH3 is 2. The third kappa shape index (κ3) is 5.79. The smallest absolute Gasteiger partial charge is 0.416 e. The lowest BCUT2D eigenvalue weighted by molar-refractivity contribution is -0.143. The fraction of sp³-hybridized carbons (Fsp3) is 0.333. The highest BCUT2D eigenvalue weighted by Crippen LogP contribution is 2.37. The number of benzene rings is 2. The molecule has 0 saturated carbocycles. The summed E-state index contributed by atoms with van der Waals surface area (Å²) in [6.45, 7) is -0.268. The van der Waals surface area contributed by atoms with Crippen LogP contribution in [0.4, 0.5) is 26.3 Å². The summed E-state index contributed by atoms with van der Waals surface area (Å²) in [5.74, 6) is 0.816. The van der Waals surface area contributed by atoms with Gasteiger partial charge in [-0.2, -0.15) is 26.3 Å². The number of sulfonamides is 1. The van der Waals surface area contributed by atoms with E-state index in [0.717, 1.165) is 0 Å².